The zero-order chi connectivity index (χ0) is 28.9. The molecule has 1 heterocycles. The van der Waals surface area contributed by atoms with Crippen molar-refractivity contribution in [3.63, 3.8) is 0 Å². The molecule has 3 N–H and O–H groups in total. The van der Waals surface area contributed by atoms with E-state index in [0.29, 0.717) is 55.6 Å². The van der Waals surface area contributed by atoms with Gasteiger partial charge in [0.05, 0.1) is 20.8 Å². The summed E-state index contributed by atoms with van der Waals surface area (Å²) in [5.41, 5.74) is 7.58. The average Bonchev–Trinajstić information content (AvgIpc) is 3.45. The Hall–Kier alpha value is -4.34. The maximum atomic E-state index is 13.5. The topological polar surface area (TPSA) is 111 Å². The number of hydrogen-bond donors (Lipinski definition) is 3. The summed E-state index contributed by atoms with van der Waals surface area (Å²) in [5.74, 6) is 2.14. The van der Waals surface area contributed by atoms with Gasteiger partial charge in [0.2, 0.25) is 5.90 Å². The van der Waals surface area contributed by atoms with Crippen LogP contribution in [-0.4, -0.2) is 63.0 Å². The van der Waals surface area contributed by atoms with Gasteiger partial charge in [0.15, 0.2) is 17.0 Å². The number of hydrogen-bond acceptors (Lipinski definition) is 8. The molecule has 0 unspecified atom stereocenters. The highest BCUT2D eigenvalue weighted by molar-refractivity contribution is 6.00. The molecule has 1 amide bonds. The second-order valence-corrected chi connectivity index (χ2v) is 9.52. The molecule has 0 fully saturated rings. The Morgan fingerprint density at radius 3 is 2.56 bits per heavy atom. The second kappa shape index (κ2) is 14.9. The second-order valence-electron chi connectivity index (χ2n) is 9.52. The molecule has 0 spiro atoms. The van der Waals surface area contributed by atoms with Crippen LogP contribution < -0.4 is 25.1 Å². The first-order valence-electron chi connectivity index (χ1n) is 13.6. The Labute approximate surface area is 240 Å². The minimum Gasteiger partial charge on any atom is -0.494 e. The molecule has 0 saturated carbocycles. The monoisotopic (exact) mass is 559 g/mol. The van der Waals surface area contributed by atoms with Crippen molar-refractivity contribution in [2.75, 3.05) is 40.6 Å². The predicted molar refractivity (Wildman–Crippen MR) is 158 cm³/mol. The van der Waals surface area contributed by atoms with Crippen molar-refractivity contribution >= 4 is 17.9 Å². The summed E-state index contributed by atoms with van der Waals surface area (Å²) in [6.07, 6.45) is 5.52. The van der Waals surface area contributed by atoms with E-state index in [1.54, 1.807) is 14.2 Å². The third-order valence-electron chi connectivity index (χ3n) is 6.61. The lowest BCUT2D eigenvalue weighted by Crippen LogP contribution is -2.51. The minimum atomic E-state index is -1.13. The molecular weight excluding hydrogens is 522 g/mol. The van der Waals surface area contributed by atoms with Crippen molar-refractivity contribution in [3.05, 3.63) is 95.6 Å². The quantitative estimate of drug-likeness (QED) is 0.191. The number of methoxy groups -OCH3 is 2. The van der Waals surface area contributed by atoms with Crippen LogP contribution in [0.25, 0.3) is 6.08 Å². The number of aliphatic hydroxyl groups excluding tert-OH is 1. The summed E-state index contributed by atoms with van der Waals surface area (Å²) in [4.78, 5) is 18.3. The Kier molecular flexibility index (Phi) is 10.8. The minimum absolute atomic E-state index is 0.0800. The molecule has 3 aromatic rings. The van der Waals surface area contributed by atoms with Crippen LogP contribution in [0.3, 0.4) is 0 Å². The highest BCUT2D eigenvalue weighted by Gasteiger charge is 2.43. The van der Waals surface area contributed by atoms with Gasteiger partial charge >= 0.3 is 0 Å². The number of nitrogens with one attached hydrogen (secondary N) is 2. The van der Waals surface area contributed by atoms with Gasteiger partial charge in [-0.3, -0.25) is 10.2 Å². The third-order valence-corrected chi connectivity index (χ3v) is 6.61. The van der Waals surface area contributed by atoms with E-state index in [4.69, 9.17) is 29.0 Å². The Morgan fingerprint density at radius 2 is 1.83 bits per heavy atom. The maximum Gasteiger partial charge on any atom is 0.266 e. The Bertz CT molecular complexity index is 1330. The van der Waals surface area contributed by atoms with Crippen LogP contribution in [0.4, 0.5) is 0 Å². The molecule has 1 atom stereocenters. The van der Waals surface area contributed by atoms with Crippen LogP contribution in [0.2, 0.25) is 0 Å². The zero-order valence-corrected chi connectivity index (χ0v) is 23.5. The smallest absolute Gasteiger partial charge is 0.266 e. The lowest BCUT2D eigenvalue weighted by molar-refractivity contribution is -0.127. The van der Waals surface area contributed by atoms with E-state index in [0.717, 1.165) is 16.7 Å². The Balaban J connectivity index is 1.43. The SMILES string of the molecule is COc1ccc(CCNNC(=O)[C@]2(C/C=C/c3ccccc3)COC(c3ccc(OCCCO)cc3)=N2)cc1OC. The average molecular weight is 560 g/mol. The van der Waals surface area contributed by atoms with Gasteiger partial charge in [-0.25, -0.2) is 10.4 Å². The lowest BCUT2D eigenvalue weighted by atomic mass is 9.95. The summed E-state index contributed by atoms with van der Waals surface area (Å²) >= 11 is 0. The van der Waals surface area contributed by atoms with E-state index in [-0.39, 0.29) is 19.1 Å². The molecule has 3 aromatic carbocycles. The van der Waals surface area contributed by atoms with Crippen LogP contribution in [0.1, 0.15) is 29.5 Å². The highest BCUT2D eigenvalue weighted by Crippen LogP contribution is 2.29. The van der Waals surface area contributed by atoms with E-state index >= 15 is 0 Å². The standard InChI is InChI=1S/C32H37N3O6/c1-38-28-16-11-25(22-29(28)39-2)17-19-33-35-31(37)32(18-6-10-24-8-4-3-5-9-24)23-41-30(34-32)26-12-14-27(15-13-26)40-21-7-20-36/h3-6,8-16,22,33,36H,7,17-21,23H2,1-2H3,(H,35,37)/b10-6+/t32-/m0/s1. The molecule has 1 aliphatic rings. The number of amides is 1. The summed E-state index contributed by atoms with van der Waals surface area (Å²) < 4.78 is 22.3. The van der Waals surface area contributed by atoms with Gasteiger partial charge in [0, 0.05) is 31.6 Å². The van der Waals surface area contributed by atoms with E-state index in [9.17, 15) is 4.79 Å². The third kappa shape index (κ3) is 8.09. The lowest BCUT2D eigenvalue weighted by Gasteiger charge is -2.22. The molecule has 41 heavy (non-hydrogen) atoms. The van der Waals surface area contributed by atoms with E-state index in [2.05, 4.69) is 10.9 Å². The molecule has 0 aliphatic carbocycles. The molecule has 0 bridgehead atoms. The van der Waals surface area contributed by atoms with Gasteiger partial charge in [-0.2, -0.15) is 0 Å². The van der Waals surface area contributed by atoms with Crippen molar-refractivity contribution in [1.29, 1.82) is 0 Å². The van der Waals surface area contributed by atoms with Crippen molar-refractivity contribution in [1.82, 2.24) is 10.9 Å². The number of carbonyl (C=O) groups excluding carboxylic acids is 1. The van der Waals surface area contributed by atoms with Gasteiger partial charge in [-0.1, -0.05) is 48.6 Å². The van der Waals surface area contributed by atoms with Crippen LogP contribution in [0, 0.1) is 0 Å². The first-order valence-corrected chi connectivity index (χ1v) is 13.6. The van der Waals surface area contributed by atoms with Gasteiger partial charge in [0.1, 0.15) is 12.4 Å². The molecule has 4 rings (SSSR count). The molecule has 0 saturated heterocycles. The van der Waals surface area contributed by atoms with Gasteiger partial charge in [-0.05, 0) is 53.9 Å². The maximum absolute atomic E-state index is 13.5. The number of hydrazine groups is 1. The first-order chi connectivity index (χ1) is 20.1. The first kappa shape index (κ1) is 29.6. The predicted octanol–water partition coefficient (Wildman–Crippen LogP) is 3.95. The van der Waals surface area contributed by atoms with E-state index in [1.807, 2.05) is 84.9 Å². The summed E-state index contributed by atoms with van der Waals surface area (Å²) in [6.45, 7) is 1.13. The van der Waals surface area contributed by atoms with Crippen molar-refractivity contribution in [2.45, 2.75) is 24.8 Å². The number of rotatable bonds is 15. The fourth-order valence-corrected chi connectivity index (χ4v) is 4.31. The summed E-state index contributed by atoms with van der Waals surface area (Å²) in [5, 5.41) is 8.95. The fraction of sp³-hybridized carbons (Fsp3) is 0.312. The molecule has 9 nitrogen and oxygen atoms in total. The largest absolute Gasteiger partial charge is 0.494 e. The molecule has 0 aromatic heterocycles. The summed E-state index contributed by atoms with van der Waals surface area (Å²) in [6, 6.07) is 23.0. The molecule has 1 aliphatic heterocycles. The van der Waals surface area contributed by atoms with E-state index < -0.39 is 5.54 Å². The normalized spacial score (nSPS) is 16.2. The zero-order valence-electron chi connectivity index (χ0n) is 23.5. The van der Waals surface area contributed by atoms with Crippen molar-refractivity contribution < 1.29 is 28.8 Å². The van der Waals surface area contributed by atoms with Crippen molar-refractivity contribution in [2.24, 2.45) is 4.99 Å². The number of benzene rings is 3. The number of aliphatic hydroxyl groups is 1. The van der Waals surface area contributed by atoms with Gasteiger partial charge in [-0.15, -0.1) is 0 Å². The van der Waals surface area contributed by atoms with Crippen LogP contribution in [-0.2, 0) is 16.0 Å². The van der Waals surface area contributed by atoms with Crippen LogP contribution in [0.5, 0.6) is 17.2 Å². The fourth-order valence-electron chi connectivity index (χ4n) is 4.31. The van der Waals surface area contributed by atoms with Crippen LogP contribution in [0.15, 0.2) is 83.9 Å². The number of ether oxygens (including phenoxy) is 4. The number of aliphatic imine (C=N–C) groups is 1. The van der Waals surface area contributed by atoms with Crippen molar-refractivity contribution in [3.8, 4) is 17.2 Å². The Morgan fingerprint density at radius 1 is 1.05 bits per heavy atom. The van der Waals surface area contributed by atoms with Crippen LogP contribution >= 0.6 is 0 Å². The molecular formula is C32H37N3O6. The van der Waals surface area contributed by atoms with E-state index in [1.165, 1.54) is 0 Å². The number of nitrogens with zero attached hydrogens (tertiary/aromatic N) is 1. The number of carbonyl (C=O) groups is 1. The van der Waals surface area contributed by atoms with Gasteiger partial charge < -0.3 is 24.1 Å². The van der Waals surface area contributed by atoms with Gasteiger partial charge in [0.25, 0.3) is 5.91 Å². The molecule has 0 radical (unpaired) electrons. The molecule has 9 heteroatoms. The highest BCUT2D eigenvalue weighted by atomic mass is 16.5. The molecule has 216 valence electrons. The summed E-state index contributed by atoms with van der Waals surface area (Å²) in [7, 11) is 3.20.